The Morgan fingerprint density at radius 3 is 1.18 bits per heavy atom. The highest BCUT2D eigenvalue weighted by atomic mass is 15.0. The predicted molar refractivity (Wildman–Crippen MR) is 254 cm³/mol. The van der Waals surface area contributed by atoms with Crippen LogP contribution < -0.4 is 0 Å². The number of nitrogens with zero attached hydrogens (tertiary/aromatic N) is 4. The van der Waals surface area contributed by atoms with E-state index in [1.54, 1.807) is 0 Å². The van der Waals surface area contributed by atoms with Gasteiger partial charge in [0, 0.05) is 33.2 Å². The Kier molecular flexibility index (Phi) is 8.13. The van der Waals surface area contributed by atoms with E-state index in [0.29, 0.717) is 17.5 Å². The third kappa shape index (κ3) is 5.80. The van der Waals surface area contributed by atoms with Gasteiger partial charge in [0.25, 0.3) is 0 Å². The molecule has 0 aliphatic heterocycles. The predicted octanol–water partition coefficient (Wildman–Crippen LogP) is 14.8. The fourth-order valence-electron chi connectivity index (χ4n) is 9.26. The average Bonchev–Trinajstić information content (AvgIpc) is 3.70. The van der Waals surface area contributed by atoms with Gasteiger partial charge in [0.15, 0.2) is 17.5 Å². The summed E-state index contributed by atoms with van der Waals surface area (Å²) in [6.45, 7) is 0. The zero-order valence-corrected chi connectivity index (χ0v) is 33.1. The van der Waals surface area contributed by atoms with Crippen molar-refractivity contribution < 1.29 is 0 Å². The van der Waals surface area contributed by atoms with Gasteiger partial charge >= 0.3 is 0 Å². The second-order valence-corrected chi connectivity index (χ2v) is 15.5. The Morgan fingerprint density at radius 1 is 0.262 bits per heavy atom. The van der Waals surface area contributed by atoms with Crippen LogP contribution in [0.15, 0.2) is 218 Å². The molecule has 2 heterocycles. The first-order valence-electron chi connectivity index (χ1n) is 20.7. The van der Waals surface area contributed by atoms with Gasteiger partial charge in [-0.3, -0.25) is 0 Å². The third-order valence-electron chi connectivity index (χ3n) is 12.0. The van der Waals surface area contributed by atoms with E-state index in [1.165, 1.54) is 71.0 Å². The molecule has 0 aliphatic carbocycles. The molecule has 284 valence electrons. The average molecular weight is 777 g/mol. The molecule has 12 aromatic rings. The zero-order chi connectivity index (χ0) is 40.3. The maximum Gasteiger partial charge on any atom is 0.164 e. The van der Waals surface area contributed by atoms with Crippen molar-refractivity contribution >= 4 is 54.1 Å². The van der Waals surface area contributed by atoms with E-state index in [-0.39, 0.29) is 0 Å². The standard InChI is InChI=1S/C57H36N4/c1-5-17-37(18-6-1)43-27-15-29-51-53(43)54-44(28-16-30-52(54)61(51)42-23-11-4-12-24-42)40-31-33-47-48-34-32-41(36-50(48)46-26-14-13-25-45(46)49(47)35-40)57-59-55(38-19-7-2-8-20-38)58-56(60-57)39-21-9-3-10-22-39/h1-36H. The van der Waals surface area contributed by atoms with Crippen LogP contribution in [-0.2, 0) is 0 Å². The van der Waals surface area contributed by atoms with Crippen LogP contribution in [0.2, 0.25) is 0 Å². The summed E-state index contributed by atoms with van der Waals surface area (Å²) in [6, 6.07) is 77.7. The monoisotopic (exact) mass is 776 g/mol. The van der Waals surface area contributed by atoms with E-state index in [4.69, 9.17) is 15.0 Å². The Labute approximate surface area is 352 Å². The van der Waals surface area contributed by atoms with E-state index in [2.05, 4.69) is 162 Å². The number of benzene rings is 10. The van der Waals surface area contributed by atoms with Gasteiger partial charge in [0.05, 0.1) is 11.0 Å². The van der Waals surface area contributed by atoms with Crippen molar-refractivity contribution in [1.29, 1.82) is 0 Å². The number of hydrogen-bond acceptors (Lipinski definition) is 3. The maximum absolute atomic E-state index is 5.06. The summed E-state index contributed by atoms with van der Waals surface area (Å²) in [5.74, 6) is 1.95. The first kappa shape index (κ1) is 34.8. The lowest BCUT2D eigenvalue weighted by Crippen LogP contribution is -2.00. The van der Waals surface area contributed by atoms with Crippen molar-refractivity contribution in [2.45, 2.75) is 0 Å². The number of rotatable bonds is 6. The van der Waals surface area contributed by atoms with Gasteiger partial charge in [-0.05, 0) is 91.0 Å². The van der Waals surface area contributed by atoms with Gasteiger partial charge in [0.2, 0.25) is 0 Å². The summed E-state index contributed by atoms with van der Waals surface area (Å²) < 4.78 is 2.42. The van der Waals surface area contributed by atoms with Crippen molar-refractivity contribution in [1.82, 2.24) is 19.5 Å². The summed E-state index contributed by atoms with van der Waals surface area (Å²) in [6.07, 6.45) is 0. The number of hydrogen-bond donors (Lipinski definition) is 0. The highest BCUT2D eigenvalue weighted by Gasteiger charge is 2.21. The summed E-state index contributed by atoms with van der Waals surface area (Å²) in [7, 11) is 0. The normalized spacial score (nSPS) is 11.6. The van der Waals surface area contributed by atoms with Gasteiger partial charge in [-0.1, -0.05) is 182 Å². The quantitative estimate of drug-likeness (QED) is 0.158. The summed E-state index contributed by atoms with van der Waals surface area (Å²) in [5.41, 5.74) is 11.2. The summed E-state index contributed by atoms with van der Waals surface area (Å²) >= 11 is 0. The zero-order valence-electron chi connectivity index (χ0n) is 33.1. The fraction of sp³-hybridized carbons (Fsp3) is 0. The van der Waals surface area contributed by atoms with Gasteiger partial charge in [-0.2, -0.15) is 0 Å². The van der Waals surface area contributed by atoms with Crippen LogP contribution in [-0.4, -0.2) is 19.5 Å². The second kappa shape index (κ2) is 14.3. The fourth-order valence-corrected chi connectivity index (χ4v) is 9.26. The van der Waals surface area contributed by atoms with Gasteiger partial charge in [-0.25, -0.2) is 15.0 Å². The molecule has 12 rings (SSSR count). The van der Waals surface area contributed by atoms with Crippen molar-refractivity contribution in [3.8, 4) is 62.1 Å². The molecule has 0 atom stereocenters. The molecular formula is C57H36N4. The molecule has 0 spiro atoms. The lowest BCUT2D eigenvalue weighted by atomic mass is 9.90. The highest BCUT2D eigenvalue weighted by molar-refractivity contribution is 6.27. The van der Waals surface area contributed by atoms with Crippen LogP contribution in [0.4, 0.5) is 0 Å². The van der Waals surface area contributed by atoms with E-state index < -0.39 is 0 Å². The van der Waals surface area contributed by atoms with Gasteiger partial charge in [0.1, 0.15) is 0 Å². The minimum Gasteiger partial charge on any atom is -0.309 e. The highest BCUT2D eigenvalue weighted by Crippen LogP contribution is 2.45. The van der Waals surface area contributed by atoms with E-state index >= 15 is 0 Å². The molecule has 0 unspecified atom stereocenters. The molecule has 0 N–H and O–H groups in total. The van der Waals surface area contributed by atoms with E-state index in [9.17, 15) is 0 Å². The number of para-hydroxylation sites is 1. The molecule has 10 aromatic carbocycles. The van der Waals surface area contributed by atoms with Gasteiger partial charge in [-0.15, -0.1) is 0 Å². The van der Waals surface area contributed by atoms with Crippen molar-refractivity contribution in [2.24, 2.45) is 0 Å². The SMILES string of the molecule is c1ccc(-c2nc(-c3ccccc3)nc(-c3ccc4c5ccc(-c6cccc7c6c6c(-c8ccccc8)cccc6n7-c6ccccc6)cc5c5ccccc5c4c3)n2)cc1. The lowest BCUT2D eigenvalue weighted by molar-refractivity contribution is 1.07. The molecule has 4 nitrogen and oxygen atoms in total. The summed E-state index contributed by atoms with van der Waals surface area (Å²) in [4.78, 5) is 15.1. The molecule has 0 aliphatic rings. The van der Waals surface area contributed by atoms with Crippen LogP contribution in [0.5, 0.6) is 0 Å². The Morgan fingerprint density at radius 2 is 0.656 bits per heavy atom. The molecule has 0 bridgehead atoms. The molecule has 2 aromatic heterocycles. The largest absolute Gasteiger partial charge is 0.309 e. The number of fused-ring (bicyclic) bond motifs is 9. The molecule has 4 heteroatoms. The Bertz CT molecular complexity index is 3540. The molecule has 0 saturated carbocycles. The smallest absolute Gasteiger partial charge is 0.164 e. The van der Waals surface area contributed by atoms with Gasteiger partial charge < -0.3 is 4.57 Å². The minimum absolute atomic E-state index is 0.645. The second-order valence-electron chi connectivity index (χ2n) is 15.5. The lowest BCUT2D eigenvalue weighted by Gasteiger charge is -2.14. The first-order valence-corrected chi connectivity index (χ1v) is 20.7. The molecule has 0 fully saturated rings. The first-order chi connectivity index (χ1) is 30.3. The molecule has 0 amide bonds. The van der Waals surface area contributed by atoms with Crippen molar-refractivity contribution in [3.05, 3.63) is 218 Å². The Balaban J connectivity index is 1.08. The van der Waals surface area contributed by atoms with Crippen LogP contribution in [0, 0.1) is 0 Å². The minimum atomic E-state index is 0.645. The maximum atomic E-state index is 5.06. The topological polar surface area (TPSA) is 43.6 Å². The number of aromatic nitrogens is 4. The van der Waals surface area contributed by atoms with Crippen LogP contribution in [0.1, 0.15) is 0 Å². The Hall–Kier alpha value is -8.21. The van der Waals surface area contributed by atoms with Crippen LogP contribution >= 0.6 is 0 Å². The van der Waals surface area contributed by atoms with E-state index in [1.807, 2.05) is 60.7 Å². The molecular weight excluding hydrogens is 741 g/mol. The molecule has 61 heavy (non-hydrogen) atoms. The third-order valence-corrected chi connectivity index (χ3v) is 12.0. The van der Waals surface area contributed by atoms with Crippen molar-refractivity contribution in [2.75, 3.05) is 0 Å². The van der Waals surface area contributed by atoms with Crippen LogP contribution in [0.25, 0.3) is 116 Å². The summed E-state index contributed by atoms with van der Waals surface area (Å²) in [5, 5.41) is 9.68. The van der Waals surface area contributed by atoms with Crippen molar-refractivity contribution in [3.63, 3.8) is 0 Å². The molecule has 0 saturated heterocycles. The molecule has 0 radical (unpaired) electrons. The van der Waals surface area contributed by atoms with Crippen LogP contribution in [0.3, 0.4) is 0 Å². The van der Waals surface area contributed by atoms with E-state index in [0.717, 1.165) is 27.8 Å².